The van der Waals surface area contributed by atoms with E-state index in [0.717, 1.165) is 55.6 Å². The van der Waals surface area contributed by atoms with Crippen LogP contribution in [0.15, 0.2) is 24.3 Å². The maximum Gasteiger partial charge on any atom is 0.260 e. The monoisotopic (exact) mass is 571 g/mol. The molecular formula is C33H53N3O3S. The molecule has 2 aliphatic heterocycles. The van der Waals surface area contributed by atoms with Gasteiger partial charge in [0.2, 0.25) is 0 Å². The summed E-state index contributed by atoms with van der Waals surface area (Å²) in [5.74, 6) is 6.46. The number of nitrogens with zero attached hydrogens (tertiary/aromatic N) is 2. The third kappa shape index (κ3) is 8.32. The molecule has 6 atom stereocenters. The van der Waals surface area contributed by atoms with Crippen LogP contribution >= 0.6 is 11.8 Å². The zero-order chi connectivity index (χ0) is 27.7. The summed E-state index contributed by atoms with van der Waals surface area (Å²) in [5, 5.41) is 2.91. The Morgan fingerprint density at radius 3 is 2.73 bits per heavy atom. The molecule has 1 amide bonds. The van der Waals surface area contributed by atoms with Crippen LogP contribution in [-0.2, 0) is 4.79 Å². The number of thioether (sulfide) groups is 1. The number of benzene rings is 1. The molecule has 2 saturated carbocycles. The first-order valence-corrected chi connectivity index (χ1v) is 17.4. The van der Waals surface area contributed by atoms with Crippen LogP contribution in [0.1, 0.15) is 84.0 Å². The highest BCUT2D eigenvalue weighted by Crippen LogP contribution is 2.51. The van der Waals surface area contributed by atoms with E-state index in [1.54, 1.807) is 7.11 Å². The van der Waals surface area contributed by atoms with Crippen LogP contribution in [0.3, 0.4) is 0 Å². The maximum absolute atomic E-state index is 13.8. The minimum Gasteiger partial charge on any atom is -0.497 e. The van der Waals surface area contributed by atoms with Crippen molar-refractivity contribution in [3.63, 3.8) is 0 Å². The normalized spacial score (nSPS) is 30.4. The SMILES string of the molecule is CCCCCCCN1CC(N(CC2SCCC2C2CCCC3CC3CC2)C(=O)COc2cccc(OC)c2)CN1. The molecule has 1 N–H and O–H groups in total. The average Bonchev–Trinajstić information content (AvgIpc) is 3.31. The lowest BCUT2D eigenvalue weighted by Crippen LogP contribution is -2.49. The predicted octanol–water partition coefficient (Wildman–Crippen LogP) is 6.40. The van der Waals surface area contributed by atoms with Gasteiger partial charge in [-0.3, -0.25) is 10.2 Å². The number of methoxy groups -OCH3 is 1. The summed E-state index contributed by atoms with van der Waals surface area (Å²) >= 11 is 2.13. The first kappa shape index (κ1) is 30.0. The fourth-order valence-electron chi connectivity index (χ4n) is 7.52. The van der Waals surface area contributed by atoms with Crippen LogP contribution < -0.4 is 14.9 Å². The van der Waals surface area contributed by atoms with Gasteiger partial charge in [-0.15, -0.1) is 0 Å². The van der Waals surface area contributed by atoms with Crippen molar-refractivity contribution < 1.29 is 14.3 Å². The molecule has 40 heavy (non-hydrogen) atoms. The molecule has 0 radical (unpaired) electrons. The zero-order valence-electron chi connectivity index (χ0n) is 25.0. The van der Waals surface area contributed by atoms with E-state index in [1.807, 2.05) is 24.3 Å². The van der Waals surface area contributed by atoms with Crippen molar-refractivity contribution >= 4 is 17.7 Å². The number of hydrogen-bond acceptors (Lipinski definition) is 6. The van der Waals surface area contributed by atoms with Gasteiger partial charge in [0.1, 0.15) is 11.5 Å². The lowest BCUT2D eigenvalue weighted by Gasteiger charge is -2.35. The zero-order valence-corrected chi connectivity index (χ0v) is 25.8. The van der Waals surface area contributed by atoms with Crippen molar-refractivity contribution in [1.29, 1.82) is 0 Å². The third-order valence-electron chi connectivity index (χ3n) is 10.0. The molecule has 224 valence electrons. The molecule has 1 aromatic carbocycles. The summed E-state index contributed by atoms with van der Waals surface area (Å²) in [6.45, 7) is 6.02. The summed E-state index contributed by atoms with van der Waals surface area (Å²) in [6.07, 6.45) is 16.4. The van der Waals surface area contributed by atoms with Crippen LogP contribution in [0.25, 0.3) is 0 Å². The number of nitrogens with one attached hydrogen (secondary N) is 1. The van der Waals surface area contributed by atoms with Gasteiger partial charge < -0.3 is 14.4 Å². The Labute approximate surface area is 247 Å². The van der Waals surface area contributed by atoms with E-state index < -0.39 is 0 Å². The Morgan fingerprint density at radius 2 is 1.85 bits per heavy atom. The second-order valence-electron chi connectivity index (χ2n) is 12.8. The Balaban J connectivity index is 1.21. The van der Waals surface area contributed by atoms with Crippen molar-refractivity contribution in [2.75, 3.05) is 45.6 Å². The van der Waals surface area contributed by atoms with Crippen LogP contribution in [0.5, 0.6) is 11.5 Å². The van der Waals surface area contributed by atoms with Gasteiger partial charge in [-0.25, -0.2) is 5.01 Å². The highest BCUT2D eigenvalue weighted by molar-refractivity contribution is 8.00. The van der Waals surface area contributed by atoms with Gasteiger partial charge in [-0.2, -0.15) is 11.8 Å². The number of rotatable bonds is 14. The van der Waals surface area contributed by atoms with Crippen molar-refractivity contribution in [3.05, 3.63) is 24.3 Å². The van der Waals surface area contributed by atoms with Crippen LogP contribution in [0, 0.1) is 23.7 Å². The Bertz CT molecular complexity index is 932. The molecule has 0 aromatic heterocycles. The van der Waals surface area contributed by atoms with E-state index in [-0.39, 0.29) is 18.6 Å². The molecule has 5 rings (SSSR count). The average molecular weight is 572 g/mol. The number of hydrogen-bond donors (Lipinski definition) is 1. The van der Waals surface area contributed by atoms with Crippen molar-refractivity contribution in [3.8, 4) is 11.5 Å². The molecule has 2 saturated heterocycles. The number of amides is 1. The summed E-state index contributed by atoms with van der Waals surface area (Å²) < 4.78 is 11.4. The highest BCUT2D eigenvalue weighted by atomic mass is 32.2. The van der Waals surface area contributed by atoms with E-state index in [2.05, 4.69) is 34.0 Å². The molecule has 7 heteroatoms. The quantitative estimate of drug-likeness (QED) is 0.261. The second-order valence-corrected chi connectivity index (χ2v) is 14.1. The van der Waals surface area contributed by atoms with E-state index in [4.69, 9.17) is 9.47 Å². The Kier molecular flexibility index (Phi) is 11.4. The van der Waals surface area contributed by atoms with Gasteiger partial charge in [-0.1, -0.05) is 57.9 Å². The van der Waals surface area contributed by atoms with Gasteiger partial charge in [0, 0.05) is 37.5 Å². The summed E-state index contributed by atoms with van der Waals surface area (Å²) in [4.78, 5) is 16.0. The highest BCUT2D eigenvalue weighted by Gasteiger charge is 2.42. The fraction of sp³-hybridized carbons (Fsp3) is 0.788. The first-order valence-electron chi connectivity index (χ1n) is 16.3. The third-order valence-corrected chi connectivity index (χ3v) is 11.4. The maximum atomic E-state index is 13.8. The molecule has 0 bridgehead atoms. The van der Waals surface area contributed by atoms with E-state index >= 15 is 0 Å². The Morgan fingerprint density at radius 1 is 1.05 bits per heavy atom. The van der Waals surface area contributed by atoms with E-state index in [1.165, 1.54) is 82.8 Å². The lowest BCUT2D eigenvalue weighted by molar-refractivity contribution is -0.135. The molecular weight excluding hydrogens is 518 g/mol. The van der Waals surface area contributed by atoms with E-state index in [9.17, 15) is 4.79 Å². The number of fused-ring (bicyclic) bond motifs is 1. The smallest absolute Gasteiger partial charge is 0.260 e. The number of carbonyl (C=O) groups excluding carboxylic acids is 1. The second kappa shape index (κ2) is 15.2. The first-order chi connectivity index (χ1) is 19.6. The molecule has 2 aliphatic carbocycles. The van der Waals surface area contributed by atoms with Gasteiger partial charge in [-0.05, 0) is 73.7 Å². The summed E-state index contributed by atoms with van der Waals surface area (Å²) in [5.41, 5.74) is 3.62. The number of ether oxygens (including phenoxy) is 2. The van der Waals surface area contributed by atoms with Crippen LogP contribution in [-0.4, -0.2) is 72.8 Å². The van der Waals surface area contributed by atoms with Crippen molar-refractivity contribution in [1.82, 2.24) is 15.3 Å². The topological polar surface area (TPSA) is 54.0 Å². The number of hydrazine groups is 1. The molecule has 2 heterocycles. The summed E-state index contributed by atoms with van der Waals surface area (Å²) in [6, 6.07) is 7.77. The largest absolute Gasteiger partial charge is 0.497 e. The molecule has 6 nitrogen and oxygen atoms in total. The van der Waals surface area contributed by atoms with Gasteiger partial charge in [0.05, 0.1) is 13.2 Å². The van der Waals surface area contributed by atoms with Gasteiger partial charge in [0.15, 0.2) is 6.61 Å². The fourth-order valence-corrected chi connectivity index (χ4v) is 9.11. The minimum absolute atomic E-state index is 0.0786. The summed E-state index contributed by atoms with van der Waals surface area (Å²) in [7, 11) is 1.66. The van der Waals surface area contributed by atoms with Crippen molar-refractivity contribution in [2.45, 2.75) is 95.3 Å². The van der Waals surface area contributed by atoms with E-state index in [0.29, 0.717) is 11.0 Å². The van der Waals surface area contributed by atoms with Crippen LogP contribution in [0.4, 0.5) is 0 Å². The number of carbonyl (C=O) groups is 1. The number of unbranched alkanes of at least 4 members (excludes halogenated alkanes) is 4. The standard InChI is InChI=1S/C33H53N3O3S/c1-3-4-5-6-7-17-35-22-28(21-34-35)36(33(37)24-39-30-13-9-12-29(20-30)38-2)23-32-31(16-18-40-32)25-10-8-11-26-19-27(26)15-14-25/h9,12-13,20,25-28,31-32,34H,3-8,10-11,14-19,21-24H2,1-2H3. The molecule has 0 spiro atoms. The molecule has 4 aliphatic rings. The molecule has 1 aromatic rings. The van der Waals surface area contributed by atoms with Gasteiger partial charge in [0.25, 0.3) is 5.91 Å². The lowest BCUT2D eigenvalue weighted by atomic mass is 9.78. The van der Waals surface area contributed by atoms with Gasteiger partial charge >= 0.3 is 0 Å². The Hall–Kier alpha value is -1.44. The van der Waals surface area contributed by atoms with Crippen molar-refractivity contribution in [2.24, 2.45) is 23.7 Å². The molecule has 4 fully saturated rings. The molecule has 6 unspecified atom stereocenters. The minimum atomic E-state index is 0.0786. The predicted molar refractivity (Wildman–Crippen MR) is 165 cm³/mol. The van der Waals surface area contributed by atoms with Crippen LogP contribution in [0.2, 0.25) is 0 Å².